The quantitative estimate of drug-likeness (QED) is 0.641. The predicted molar refractivity (Wildman–Crippen MR) is 85.6 cm³/mol. The number of anilines is 1. The minimum atomic E-state index is -0.484. The third-order valence-corrected chi connectivity index (χ3v) is 4.02. The Morgan fingerprint density at radius 1 is 1.08 bits per heavy atom. The number of hydrogen-bond acceptors (Lipinski definition) is 5. The lowest BCUT2D eigenvalue weighted by Gasteiger charge is -2.16. The molecular formula is C18H15NO5. The molecular weight excluding hydrogens is 310 g/mol. The lowest BCUT2D eigenvalue weighted by atomic mass is 10.2. The molecule has 1 saturated heterocycles. The van der Waals surface area contributed by atoms with Crippen molar-refractivity contribution in [1.29, 1.82) is 0 Å². The molecule has 0 unspecified atom stereocenters. The molecule has 0 bridgehead atoms. The van der Waals surface area contributed by atoms with E-state index in [9.17, 15) is 9.59 Å². The highest BCUT2D eigenvalue weighted by atomic mass is 16.7. The van der Waals surface area contributed by atoms with Crippen molar-refractivity contribution in [3.63, 3.8) is 0 Å². The largest absolute Gasteiger partial charge is 0.454 e. The van der Waals surface area contributed by atoms with Gasteiger partial charge in [-0.2, -0.15) is 0 Å². The molecule has 0 saturated carbocycles. The first-order valence-corrected chi connectivity index (χ1v) is 7.73. The number of ether oxygens (including phenoxy) is 3. The molecule has 122 valence electrons. The molecule has 0 radical (unpaired) electrons. The second-order valence-corrected chi connectivity index (χ2v) is 5.60. The fraction of sp³-hybridized carbons (Fsp3) is 0.222. The van der Waals surface area contributed by atoms with E-state index in [0.29, 0.717) is 35.8 Å². The molecule has 0 aromatic heterocycles. The molecule has 1 amide bonds. The smallest absolute Gasteiger partial charge is 0.343 e. The molecule has 2 aliphatic rings. The number of rotatable bonds is 3. The van der Waals surface area contributed by atoms with Crippen molar-refractivity contribution in [3.8, 4) is 17.2 Å². The number of benzene rings is 2. The Labute approximate surface area is 138 Å². The first-order chi connectivity index (χ1) is 11.7. The molecule has 6 nitrogen and oxygen atoms in total. The van der Waals surface area contributed by atoms with Gasteiger partial charge in [-0.05, 0) is 36.8 Å². The monoisotopic (exact) mass is 325 g/mol. The summed E-state index contributed by atoms with van der Waals surface area (Å²) in [5.74, 6) is 1.16. The van der Waals surface area contributed by atoms with E-state index < -0.39 is 5.97 Å². The normalized spacial score (nSPS) is 15.7. The average Bonchev–Trinajstić information content (AvgIpc) is 3.23. The highest BCUT2D eigenvalue weighted by molar-refractivity contribution is 5.97. The standard InChI is InChI=1S/C18H15NO5/c20-17-5-2-8-19(17)13-4-1-3-12(9-13)18(21)24-14-6-7-15-16(10-14)23-11-22-15/h1,3-4,6-7,9-10H,2,5,8,11H2. The summed E-state index contributed by atoms with van der Waals surface area (Å²) < 4.78 is 15.9. The Morgan fingerprint density at radius 3 is 2.79 bits per heavy atom. The molecule has 1 fully saturated rings. The second kappa shape index (κ2) is 5.88. The van der Waals surface area contributed by atoms with E-state index in [1.807, 2.05) is 6.07 Å². The van der Waals surface area contributed by atoms with Crippen LogP contribution in [-0.4, -0.2) is 25.2 Å². The fourth-order valence-corrected chi connectivity index (χ4v) is 2.83. The summed E-state index contributed by atoms with van der Waals surface area (Å²) in [5, 5.41) is 0. The number of esters is 1. The molecule has 0 aliphatic carbocycles. The second-order valence-electron chi connectivity index (χ2n) is 5.60. The van der Waals surface area contributed by atoms with Gasteiger partial charge in [0.25, 0.3) is 0 Å². The number of carbonyl (C=O) groups is 2. The van der Waals surface area contributed by atoms with Gasteiger partial charge in [0.1, 0.15) is 5.75 Å². The van der Waals surface area contributed by atoms with Gasteiger partial charge in [-0.25, -0.2) is 4.79 Å². The Hall–Kier alpha value is -3.02. The van der Waals surface area contributed by atoms with Gasteiger partial charge < -0.3 is 19.1 Å². The molecule has 24 heavy (non-hydrogen) atoms. The zero-order chi connectivity index (χ0) is 16.5. The van der Waals surface area contributed by atoms with Gasteiger partial charge >= 0.3 is 5.97 Å². The summed E-state index contributed by atoms with van der Waals surface area (Å²) in [6.45, 7) is 0.845. The van der Waals surface area contributed by atoms with Crippen molar-refractivity contribution in [2.24, 2.45) is 0 Å². The van der Waals surface area contributed by atoms with E-state index in [2.05, 4.69) is 0 Å². The third kappa shape index (κ3) is 2.67. The van der Waals surface area contributed by atoms with Gasteiger partial charge in [0.05, 0.1) is 5.56 Å². The summed E-state index contributed by atoms with van der Waals surface area (Å²) in [5.41, 5.74) is 1.11. The lowest BCUT2D eigenvalue weighted by molar-refractivity contribution is -0.117. The van der Waals surface area contributed by atoms with Crippen molar-refractivity contribution >= 4 is 17.6 Å². The average molecular weight is 325 g/mol. The van der Waals surface area contributed by atoms with Crippen LogP contribution in [0, 0.1) is 0 Å². The van der Waals surface area contributed by atoms with Crippen LogP contribution >= 0.6 is 0 Å². The third-order valence-electron chi connectivity index (χ3n) is 4.02. The van der Waals surface area contributed by atoms with Crippen LogP contribution in [0.4, 0.5) is 5.69 Å². The maximum atomic E-state index is 12.4. The van der Waals surface area contributed by atoms with Gasteiger partial charge in [-0.3, -0.25) is 4.79 Å². The zero-order valence-corrected chi connectivity index (χ0v) is 12.9. The van der Waals surface area contributed by atoms with Crippen molar-refractivity contribution in [2.45, 2.75) is 12.8 Å². The SMILES string of the molecule is O=C(Oc1ccc2c(c1)OCO2)c1cccc(N2CCCC2=O)c1. The number of nitrogens with zero attached hydrogens (tertiary/aromatic N) is 1. The maximum Gasteiger partial charge on any atom is 0.343 e. The molecule has 2 aromatic carbocycles. The molecule has 0 spiro atoms. The number of hydrogen-bond donors (Lipinski definition) is 0. The summed E-state index contributed by atoms with van der Waals surface area (Å²) in [7, 11) is 0. The van der Waals surface area contributed by atoms with Gasteiger partial charge in [-0.15, -0.1) is 0 Å². The molecule has 4 rings (SSSR count). The van der Waals surface area contributed by atoms with Crippen LogP contribution in [0.2, 0.25) is 0 Å². The van der Waals surface area contributed by atoms with Gasteiger partial charge in [0.2, 0.25) is 12.7 Å². The molecule has 0 atom stereocenters. The van der Waals surface area contributed by atoms with E-state index in [4.69, 9.17) is 14.2 Å². The molecule has 0 N–H and O–H groups in total. The highest BCUT2D eigenvalue weighted by Gasteiger charge is 2.23. The Bertz CT molecular complexity index is 817. The molecule has 2 aromatic rings. The zero-order valence-electron chi connectivity index (χ0n) is 12.9. The predicted octanol–water partition coefficient (Wildman–Crippen LogP) is 2.76. The molecule has 6 heteroatoms. The first-order valence-electron chi connectivity index (χ1n) is 7.73. The number of carbonyl (C=O) groups excluding carboxylic acids is 2. The first kappa shape index (κ1) is 14.6. The number of fused-ring (bicyclic) bond motifs is 1. The maximum absolute atomic E-state index is 12.4. The van der Waals surface area contributed by atoms with Crippen molar-refractivity contribution in [3.05, 3.63) is 48.0 Å². The summed E-state index contributed by atoms with van der Waals surface area (Å²) >= 11 is 0. The van der Waals surface area contributed by atoms with Crippen molar-refractivity contribution < 1.29 is 23.8 Å². The van der Waals surface area contributed by atoms with Crippen LogP contribution in [0.1, 0.15) is 23.2 Å². The van der Waals surface area contributed by atoms with Crippen LogP contribution in [0.25, 0.3) is 0 Å². The van der Waals surface area contributed by atoms with Gasteiger partial charge in [0, 0.05) is 24.7 Å². The Balaban J connectivity index is 1.53. The van der Waals surface area contributed by atoms with Crippen LogP contribution in [0.5, 0.6) is 17.2 Å². The summed E-state index contributed by atoms with van der Waals surface area (Å²) in [6, 6.07) is 11.9. The summed E-state index contributed by atoms with van der Waals surface area (Å²) in [6.07, 6.45) is 1.39. The number of amides is 1. The van der Waals surface area contributed by atoms with E-state index in [-0.39, 0.29) is 12.7 Å². The fourth-order valence-electron chi connectivity index (χ4n) is 2.83. The highest BCUT2D eigenvalue weighted by Crippen LogP contribution is 2.35. The van der Waals surface area contributed by atoms with Crippen molar-refractivity contribution in [1.82, 2.24) is 0 Å². The van der Waals surface area contributed by atoms with Crippen LogP contribution < -0.4 is 19.1 Å². The molecule has 2 heterocycles. The van der Waals surface area contributed by atoms with Gasteiger partial charge in [0.15, 0.2) is 11.5 Å². The van der Waals surface area contributed by atoms with Crippen LogP contribution in [-0.2, 0) is 4.79 Å². The minimum Gasteiger partial charge on any atom is -0.454 e. The van der Waals surface area contributed by atoms with Crippen molar-refractivity contribution in [2.75, 3.05) is 18.2 Å². The summed E-state index contributed by atoms with van der Waals surface area (Å²) in [4.78, 5) is 25.9. The Morgan fingerprint density at radius 2 is 1.96 bits per heavy atom. The Kier molecular flexibility index (Phi) is 3.57. The van der Waals surface area contributed by atoms with Crippen LogP contribution in [0.3, 0.4) is 0 Å². The molecule has 2 aliphatic heterocycles. The van der Waals surface area contributed by atoms with E-state index >= 15 is 0 Å². The van der Waals surface area contributed by atoms with E-state index in [1.54, 1.807) is 41.3 Å². The van der Waals surface area contributed by atoms with E-state index in [0.717, 1.165) is 12.1 Å². The van der Waals surface area contributed by atoms with E-state index in [1.165, 1.54) is 0 Å². The minimum absolute atomic E-state index is 0.0799. The van der Waals surface area contributed by atoms with Gasteiger partial charge in [-0.1, -0.05) is 6.07 Å². The topological polar surface area (TPSA) is 65.1 Å². The lowest BCUT2D eigenvalue weighted by Crippen LogP contribution is -2.24. The van der Waals surface area contributed by atoms with Crippen LogP contribution in [0.15, 0.2) is 42.5 Å².